The molecule has 1 saturated carbocycles. The first-order valence-corrected chi connectivity index (χ1v) is 12.3. The Bertz CT molecular complexity index is 1240. The molecule has 176 valence electrons. The number of hydrogen-bond acceptors (Lipinski definition) is 6. The van der Waals surface area contributed by atoms with Gasteiger partial charge in [-0.15, -0.1) is 0 Å². The highest BCUT2D eigenvalue weighted by Gasteiger charge is 2.35. The van der Waals surface area contributed by atoms with Crippen molar-refractivity contribution in [2.45, 2.75) is 38.5 Å². The number of aromatic nitrogens is 4. The molecule has 34 heavy (non-hydrogen) atoms. The van der Waals surface area contributed by atoms with Gasteiger partial charge in [0, 0.05) is 43.9 Å². The van der Waals surface area contributed by atoms with Crippen molar-refractivity contribution >= 4 is 5.91 Å². The fourth-order valence-corrected chi connectivity index (χ4v) is 5.19. The number of carbonyl (C=O) groups excluding carboxylic acids is 1. The highest BCUT2D eigenvalue weighted by Crippen LogP contribution is 2.43. The minimum atomic E-state index is 0.0827. The third-order valence-electron chi connectivity index (χ3n) is 7.38. The summed E-state index contributed by atoms with van der Waals surface area (Å²) in [4.78, 5) is 27.5. The van der Waals surface area contributed by atoms with E-state index in [-0.39, 0.29) is 5.91 Å². The monoisotopic (exact) mass is 458 g/mol. The molecule has 2 aliphatic carbocycles. The zero-order valence-electron chi connectivity index (χ0n) is 19.8. The van der Waals surface area contributed by atoms with Crippen molar-refractivity contribution in [3.05, 3.63) is 53.0 Å². The Morgan fingerprint density at radius 1 is 1.09 bits per heavy atom. The molecule has 0 radical (unpaired) electrons. The van der Waals surface area contributed by atoms with Gasteiger partial charge in [-0.05, 0) is 61.6 Å². The van der Waals surface area contributed by atoms with Crippen LogP contribution >= 0.6 is 0 Å². The van der Waals surface area contributed by atoms with Crippen LogP contribution in [0.15, 0.2) is 30.6 Å². The third kappa shape index (κ3) is 3.66. The zero-order valence-corrected chi connectivity index (χ0v) is 19.8. The number of benzene rings is 1. The Kier molecular flexibility index (Phi) is 5.32. The number of aryl methyl sites for hydroxylation is 2. The van der Waals surface area contributed by atoms with Crippen molar-refractivity contribution in [3.8, 4) is 23.0 Å². The van der Waals surface area contributed by atoms with Crippen molar-refractivity contribution in [2.75, 3.05) is 39.8 Å². The van der Waals surface area contributed by atoms with Crippen LogP contribution in [0.4, 0.5) is 0 Å². The second-order valence-corrected chi connectivity index (χ2v) is 9.42. The second-order valence-electron chi connectivity index (χ2n) is 9.42. The SMILES string of the molecule is CCN1CCN(C(=O)c2cnn(-c3ncc4c(n3)-c3ccc(OC)cc3CC4)c2C2CC2)CC1. The Hall–Kier alpha value is -3.26. The average molecular weight is 459 g/mol. The summed E-state index contributed by atoms with van der Waals surface area (Å²) in [5.41, 5.74) is 6.13. The molecule has 1 aliphatic heterocycles. The Morgan fingerprint density at radius 2 is 1.88 bits per heavy atom. The van der Waals surface area contributed by atoms with Crippen molar-refractivity contribution in [2.24, 2.45) is 0 Å². The maximum atomic E-state index is 13.5. The van der Waals surface area contributed by atoms with Gasteiger partial charge >= 0.3 is 0 Å². The number of piperazine rings is 1. The van der Waals surface area contributed by atoms with E-state index in [0.717, 1.165) is 86.7 Å². The van der Waals surface area contributed by atoms with Crippen molar-refractivity contribution in [1.29, 1.82) is 0 Å². The molecule has 3 aliphatic rings. The van der Waals surface area contributed by atoms with E-state index in [4.69, 9.17) is 9.72 Å². The van der Waals surface area contributed by atoms with E-state index in [2.05, 4.69) is 34.0 Å². The number of ether oxygens (including phenoxy) is 1. The number of amides is 1. The number of fused-ring (bicyclic) bond motifs is 3. The summed E-state index contributed by atoms with van der Waals surface area (Å²) >= 11 is 0. The second kappa shape index (κ2) is 8.51. The fraction of sp³-hybridized carbons (Fsp3) is 0.462. The minimum Gasteiger partial charge on any atom is -0.497 e. The van der Waals surface area contributed by atoms with Crippen LogP contribution in [0.3, 0.4) is 0 Å². The molecular weight excluding hydrogens is 428 g/mol. The standard InChI is InChI=1S/C26H30N6O2/c1-3-30-10-12-31(13-11-30)25(33)22-16-28-32(24(22)17-4-5-17)26-27-15-19-7-6-18-14-20(34-2)8-9-21(18)23(19)29-26/h8-9,14-17H,3-7,10-13H2,1-2H3. The van der Waals surface area contributed by atoms with Gasteiger partial charge in [0.05, 0.1) is 30.3 Å². The Morgan fingerprint density at radius 3 is 2.62 bits per heavy atom. The van der Waals surface area contributed by atoms with Crippen LogP contribution in [0.25, 0.3) is 17.2 Å². The molecule has 2 fully saturated rings. The normalized spacial score (nSPS) is 17.9. The van der Waals surface area contributed by atoms with Crippen LogP contribution < -0.4 is 4.74 Å². The number of likely N-dealkylation sites (N-methyl/N-ethyl adjacent to an activating group) is 1. The zero-order chi connectivity index (χ0) is 23.2. The molecule has 3 heterocycles. The molecule has 0 N–H and O–H groups in total. The van der Waals surface area contributed by atoms with E-state index < -0.39 is 0 Å². The van der Waals surface area contributed by atoms with Crippen LogP contribution in [0.1, 0.15) is 52.9 Å². The summed E-state index contributed by atoms with van der Waals surface area (Å²) in [6.07, 6.45) is 7.64. The summed E-state index contributed by atoms with van der Waals surface area (Å²) in [6.45, 7) is 6.56. The van der Waals surface area contributed by atoms with E-state index in [0.29, 0.717) is 17.4 Å². The van der Waals surface area contributed by atoms with Crippen molar-refractivity contribution < 1.29 is 9.53 Å². The van der Waals surface area contributed by atoms with Crippen LogP contribution in [0.2, 0.25) is 0 Å². The van der Waals surface area contributed by atoms with E-state index in [1.165, 1.54) is 5.56 Å². The average Bonchev–Trinajstić information content (AvgIpc) is 3.65. The molecular formula is C26H30N6O2. The summed E-state index contributed by atoms with van der Waals surface area (Å²) in [6, 6.07) is 6.16. The Labute approximate surface area is 199 Å². The molecule has 0 spiro atoms. The van der Waals surface area contributed by atoms with Crippen LogP contribution in [-0.4, -0.2) is 75.3 Å². The van der Waals surface area contributed by atoms with E-state index >= 15 is 0 Å². The number of methoxy groups -OCH3 is 1. The molecule has 3 aromatic rings. The smallest absolute Gasteiger partial charge is 0.257 e. The Balaban J connectivity index is 1.35. The number of hydrogen-bond donors (Lipinski definition) is 0. The van der Waals surface area contributed by atoms with Gasteiger partial charge in [-0.2, -0.15) is 5.10 Å². The molecule has 8 heteroatoms. The molecule has 0 atom stereocenters. The number of carbonyl (C=O) groups is 1. The van der Waals surface area contributed by atoms with Crippen LogP contribution in [0.5, 0.6) is 5.75 Å². The van der Waals surface area contributed by atoms with Gasteiger partial charge in [0.15, 0.2) is 0 Å². The van der Waals surface area contributed by atoms with Crippen molar-refractivity contribution in [3.63, 3.8) is 0 Å². The lowest BCUT2D eigenvalue weighted by atomic mass is 9.90. The molecule has 8 nitrogen and oxygen atoms in total. The predicted molar refractivity (Wildman–Crippen MR) is 129 cm³/mol. The summed E-state index contributed by atoms with van der Waals surface area (Å²) < 4.78 is 7.22. The fourth-order valence-electron chi connectivity index (χ4n) is 5.19. The summed E-state index contributed by atoms with van der Waals surface area (Å²) in [7, 11) is 1.69. The van der Waals surface area contributed by atoms with Crippen LogP contribution in [0, 0.1) is 0 Å². The lowest BCUT2D eigenvalue weighted by Gasteiger charge is -2.34. The van der Waals surface area contributed by atoms with E-state index in [9.17, 15) is 4.79 Å². The first-order chi connectivity index (χ1) is 16.7. The van der Waals surface area contributed by atoms with Crippen molar-refractivity contribution in [1.82, 2.24) is 29.5 Å². The maximum Gasteiger partial charge on any atom is 0.257 e. The molecule has 1 amide bonds. The lowest BCUT2D eigenvalue weighted by Crippen LogP contribution is -2.48. The maximum absolute atomic E-state index is 13.5. The molecule has 0 unspecified atom stereocenters. The highest BCUT2D eigenvalue weighted by molar-refractivity contribution is 5.95. The topological polar surface area (TPSA) is 76.4 Å². The number of rotatable bonds is 5. The summed E-state index contributed by atoms with van der Waals surface area (Å²) in [5.74, 6) is 1.83. The first kappa shape index (κ1) is 21.3. The highest BCUT2D eigenvalue weighted by atomic mass is 16.5. The quantitative estimate of drug-likeness (QED) is 0.585. The largest absolute Gasteiger partial charge is 0.497 e. The van der Waals surface area contributed by atoms with Gasteiger partial charge in [-0.3, -0.25) is 4.79 Å². The molecule has 2 aromatic heterocycles. The third-order valence-corrected chi connectivity index (χ3v) is 7.38. The van der Waals surface area contributed by atoms with E-state index in [1.54, 1.807) is 13.3 Å². The van der Waals surface area contributed by atoms with Gasteiger partial charge in [0.2, 0.25) is 0 Å². The molecule has 0 bridgehead atoms. The van der Waals surface area contributed by atoms with Gasteiger partial charge in [0.1, 0.15) is 5.75 Å². The van der Waals surface area contributed by atoms with Gasteiger partial charge in [-0.25, -0.2) is 14.6 Å². The predicted octanol–water partition coefficient (Wildman–Crippen LogP) is 3.09. The van der Waals surface area contributed by atoms with E-state index in [1.807, 2.05) is 21.8 Å². The van der Waals surface area contributed by atoms with Gasteiger partial charge in [0.25, 0.3) is 11.9 Å². The first-order valence-electron chi connectivity index (χ1n) is 12.3. The lowest BCUT2D eigenvalue weighted by molar-refractivity contribution is 0.0642. The minimum absolute atomic E-state index is 0.0827. The molecule has 1 saturated heterocycles. The number of nitrogens with zero attached hydrogens (tertiary/aromatic N) is 6. The molecule has 6 rings (SSSR count). The van der Waals surface area contributed by atoms with Gasteiger partial charge < -0.3 is 14.5 Å². The van der Waals surface area contributed by atoms with Crippen LogP contribution in [-0.2, 0) is 12.8 Å². The summed E-state index contributed by atoms with van der Waals surface area (Å²) in [5, 5.41) is 4.64. The molecule has 1 aromatic carbocycles. The van der Waals surface area contributed by atoms with Gasteiger partial charge in [-0.1, -0.05) is 6.92 Å².